The van der Waals surface area contributed by atoms with Gasteiger partial charge in [-0.2, -0.15) is 0 Å². The summed E-state index contributed by atoms with van der Waals surface area (Å²) in [6.45, 7) is 10.2. The molecule has 0 bridgehead atoms. The number of carbonyl (C=O) groups is 3. The Balaban J connectivity index is 1.53. The molecule has 2 N–H and O–H groups in total. The number of halogens is 1. The van der Waals surface area contributed by atoms with Gasteiger partial charge in [0.05, 0.1) is 5.02 Å². The Morgan fingerprint density at radius 1 is 0.973 bits per heavy atom. The molecule has 0 saturated carbocycles. The summed E-state index contributed by atoms with van der Waals surface area (Å²) in [5.41, 5.74) is 4.99. The van der Waals surface area contributed by atoms with Gasteiger partial charge in [-0.1, -0.05) is 76.6 Å². The Kier molecular flexibility index (Phi) is 7.16. The topological polar surface area (TPSA) is 86.7 Å². The van der Waals surface area contributed by atoms with Gasteiger partial charge in [-0.3, -0.25) is 9.59 Å². The fourth-order valence-corrected chi connectivity index (χ4v) is 4.94. The summed E-state index contributed by atoms with van der Waals surface area (Å²) < 4.78 is 0. The van der Waals surface area contributed by atoms with Gasteiger partial charge in [0.1, 0.15) is 6.04 Å². The highest BCUT2D eigenvalue weighted by Crippen LogP contribution is 2.35. The smallest absolute Gasteiger partial charge is 0.326 e. The number of nitrogens with one attached hydrogen (secondary N) is 1. The first-order valence-corrected chi connectivity index (χ1v) is 12.6. The highest BCUT2D eigenvalue weighted by atomic mass is 35.5. The SMILES string of the molecule is CC(C)C(C(=O)O)N1Cc2ccc(-c3ccc(NC(=O)c4ccc(C(C)(C)C)cc4)cc3Cl)cc2C1=O. The third-order valence-electron chi connectivity index (χ3n) is 6.71. The standard InChI is InChI=1S/C30H31ClN2O4/c1-17(2)26(29(36)37)33-16-20-7-6-19(14-24(20)28(33)35)23-13-12-22(15-25(23)31)32-27(34)18-8-10-21(11-9-18)30(3,4)5/h6-15,17,26H,16H2,1-5H3,(H,32,34)(H,36,37). The van der Waals surface area contributed by atoms with Crippen LogP contribution >= 0.6 is 11.6 Å². The second-order valence-corrected chi connectivity index (χ2v) is 11.2. The van der Waals surface area contributed by atoms with E-state index in [1.165, 1.54) is 4.90 Å². The van der Waals surface area contributed by atoms with Crippen molar-refractivity contribution in [3.8, 4) is 11.1 Å². The maximum absolute atomic E-state index is 13.1. The second-order valence-electron chi connectivity index (χ2n) is 10.8. The summed E-state index contributed by atoms with van der Waals surface area (Å²) >= 11 is 6.59. The molecule has 7 heteroatoms. The molecule has 6 nitrogen and oxygen atoms in total. The van der Waals surface area contributed by atoms with Gasteiger partial charge in [0, 0.05) is 28.9 Å². The molecule has 3 aromatic carbocycles. The molecule has 3 aromatic rings. The van der Waals surface area contributed by atoms with Crippen molar-refractivity contribution in [2.24, 2.45) is 5.92 Å². The fourth-order valence-electron chi connectivity index (χ4n) is 4.65. The Labute approximate surface area is 222 Å². The highest BCUT2D eigenvalue weighted by molar-refractivity contribution is 6.33. The van der Waals surface area contributed by atoms with Crippen LogP contribution in [0.25, 0.3) is 11.1 Å². The zero-order chi connectivity index (χ0) is 27.1. The molecule has 37 heavy (non-hydrogen) atoms. The molecule has 0 radical (unpaired) electrons. The molecule has 1 atom stereocenters. The van der Waals surface area contributed by atoms with Gasteiger partial charge in [-0.25, -0.2) is 4.79 Å². The van der Waals surface area contributed by atoms with Crippen molar-refractivity contribution in [1.29, 1.82) is 0 Å². The zero-order valence-corrected chi connectivity index (χ0v) is 22.4. The molecular weight excluding hydrogens is 488 g/mol. The van der Waals surface area contributed by atoms with Crippen molar-refractivity contribution in [2.45, 2.75) is 52.6 Å². The van der Waals surface area contributed by atoms with Crippen LogP contribution in [0.1, 0.15) is 66.5 Å². The Morgan fingerprint density at radius 3 is 2.22 bits per heavy atom. The number of fused-ring (bicyclic) bond motifs is 1. The van der Waals surface area contributed by atoms with E-state index < -0.39 is 12.0 Å². The molecule has 1 unspecified atom stereocenters. The number of anilines is 1. The van der Waals surface area contributed by atoms with E-state index >= 15 is 0 Å². The lowest BCUT2D eigenvalue weighted by Gasteiger charge is -2.27. The van der Waals surface area contributed by atoms with Crippen LogP contribution in [0, 0.1) is 5.92 Å². The molecule has 2 amide bonds. The van der Waals surface area contributed by atoms with Crippen LogP contribution in [0.3, 0.4) is 0 Å². The Hall–Kier alpha value is -3.64. The number of nitrogens with zero attached hydrogens (tertiary/aromatic N) is 1. The summed E-state index contributed by atoms with van der Waals surface area (Å²) in [5, 5.41) is 12.9. The third kappa shape index (κ3) is 5.39. The number of carboxylic acid groups (broad SMARTS) is 1. The van der Waals surface area contributed by atoms with E-state index in [9.17, 15) is 19.5 Å². The largest absolute Gasteiger partial charge is 0.480 e. The molecular formula is C30H31ClN2O4. The molecule has 0 saturated heterocycles. The fraction of sp³-hybridized carbons (Fsp3) is 0.300. The van der Waals surface area contributed by atoms with Gasteiger partial charge in [-0.15, -0.1) is 0 Å². The monoisotopic (exact) mass is 518 g/mol. The van der Waals surface area contributed by atoms with E-state index in [2.05, 4.69) is 26.1 Å². The minimum atomic E-state index is -1.01. The lowest BCUT2D eigenvalue weighted by molar-refractivity contribution is -0.144. The van der Waals surface area contributed by atoms with Crippen LogP contribution in [0.5, 0.6) is 0 Å². The summed E-state index contributed by atoms with van der Waals surface area (Å²) in [7, 11) is 0. The molecule has 0 aromatic heterocycles. The first kappa shape index (κ1) is 26.4. The van der Waals surface area contributed by atoms with Crippen LogP contribution in [-0.2, 0) is 16.8 Å². The van der Waals surface area contributed by atoms with E-state index in [-0.39, 0.29) is 29.7 Å². The number of amides is 2. The molecule has 1 aliphatic heterocycles. The molecule has 0 aliphatic carbocycles. The zero-order valence-electron chi connectivity index (χ0n) is 21.6. The van der Waals surface area contributed by atoms with Gasteiger partial charge in [0.2, 0.25) is 0 Å². The third-order valence-corrected chi connectivity index (χ3v) is 7.03. The number of aliphatic carboxylic acids is 1. The van der Waals surface area contributed by atoms with Crippen molar-refractivity contribution in [3.63, 3.8) is 0 Å². The van der Waals surface area contributed by atoms with E-state index in [0.29, 0.717) is 27.4 Å². The molecule has 192 valence electrons. The van der Waals surface area contributed by atoms with Gasteiger partial charge in [-0.05, 0) is 58.4 Å². The predicted molar refractivity (Wildman–Crippen MR) is 146 cm³/mol. The quantitative estimate of drug-likeness (QED) is 0.384. The van der Waals surface area contributed by atoms with Gasteiger partial charge in [0.15, 0.2) is 0 Å². The van der Waals surface area contributed by atoms with Crippen molar-refractivity contribution in [1.82, 2.24) is 4.90 Å². The van der Waals surface area contributed by atoms with Crippen molar-refractivity contribution >= 4 is 35.1 Å². The first-order valence-electron chi connectivity index (χ1n) is 12.3. The van der Waals surface area contributed by atoms with Gasteiger partial charge < -0.3 is 15.3 Å². The van der Waals surface area contributed by atoms with Crippen LogP contribution < -0.4 is 5.32 Å². The van der Waals surface area contributed by atoms with Crippen LogP contribution in [0.15, 0.2) is 60.7 Å². The average molecular weight is 519 g/mol. The van der Waals surface area contributed by atoms with Crippen LogP contribution in [-0.4, -0.2) is 33.8 Å². The van der Waals surface area contributed by atoms with Gasteiger partial charge >= 0.3 is 5.97 Å². The maximum Gasteiger partial charge on any atom is 0.326 e. The van der Waals surface area contributed by atoms with Gasteiger partial charge in [0.25, 0.3) is 11.8 Å². The predicted octanol–water partition coefficient (Wildman–Crippen LogP) is 6.62. The van der Waals surface area contributed by atoms with E-state index in [1.54, 1.807) is 38.1 Å². The summed E-state index contributed by atoms with van der Waals surface area (Å²) in [4.78, 5) is 39.0. The first-order chi connectivity index (χ1) is 17.4. The number of hydrogen-bond acceptors (Lipinski definition) is 3. The lowest BCUT2D eigenvalue weighted by Crippen LogP contribution is -2.44. The minimum absolute atomic E-state index is 0.00517. The second kappa shape index (κ2) is 10.0. The molecule has 1 aliphatic rings. The molecule has 0 fully saturated rings. The number of rotatable bonds is 6. The summed E-state index contributed by atoms with van der Waals surface area (Å²) in [5.74, 6) is -1.76. The summed E-state index contributed by atoms with van der Waals surface area (Å²) in [6, 6.07) is 17.4. The van der Waals surface area contributed by atoms with Crippen molar-refractivity contribution in [3.05, 3.63) is 87.9 Å². The number of hydrogen-bond donors (Lipinski definition) is 2. The summed E-state index contributed by atoms with van der Waals surface area (Å²) in [6.07, 6.45) is 0. The van der Waals surface area contributed by atoms with Crippen LogP contribution in [0.2, 0.25) is 5.02 Å². The van der Waals surface area contributed by atoms with Crippen molar-refractivity contribution < 1.29 is 19.5 Å². The van der Waals surface area contributed by atoms with Crippen molar-refractivity contribution in [2.75, 3.05) is 5.32 Å². The maximum atomic E-state index is 13.1. The molecule has 0 spiro atoms. The number of benzene rings is 3. The average Bonchev–Trinajstić information content (AvgIpc) is 3.13. The molecule has 4 rings (SSSR count). The normalized spacial score (nSPS) is 14.0. The number of carboxylic acids is 1. The Morgan fingerprint density at radius 2 is 1.65 bits per heavy atom. The Bertz CT molecular complexity index is 1370. The highest BCUT2D eigenvalue weighted by Gasteiger charge is 2.38. The molecule has 1 heterocycles. The lowest BCUT2D eigenvalue weighted by atomic mass is 9.87. The van der Waals surface area contributed by atoms with E-state index in [4.69, 9.17) is 11.6 Å². The van der Waals surface area contributed by atoms with E-state index in [0.717, 1.165) is 16.7 Å². The van der Waals surface area contributed by atoms with Crippen LogP contribution in [0.4, 0.5) is 5.69 Å². The minimum Gasteiger partial charge on any atom is -0.480 e. The van der Waals surface area contributed by atoms with E-state index in [1.807, 2.05) is 36.4 Å². The number of carbonyl (C=O) groups excluding carboxylic acids is 2.